The van der Waals surface area contributed by atoms with E-state index in [4.69, 9.17) is 28.9 Å². The largest absolute Gasteiger partial charge is 0.493 e. The third-order valence-electron chi connectivity index (χ3n) is 15.2. The smallest absolute Gasteiger partial charge is 0.324 e. The molecule has 90 heavy (non-hydrogen) atoms. The van der Waals surface area contributed by atoms with Gasteiger partial charge in [0.05, 0.1) is 86.0 Å². The Morgan fingerprint density at radius 1 is 0.467 bits per heavy atom. The zero-order chi connectivity index (χ0) is 64.1. The normalized spacial score (nSPS) is 12.3. The Bertz CT molecular complexity index is 4260. The maximum absolute atomic E-state index is 11.6. The number of nitro groups is 1. The van der Waals surface area contributed by atoms with Crippen molar-refractivity contribution in [3.8, 4) is 78.7 Å². The summed E-state index contributed by atoms with van der Waals surface area (Å²) in [7, 11) is 4.05. The predicted octanol–water partition coefficient (Wildman–Crippen LogP) is 19.8. The van der Waals surface area contributed by atoms with Crippen molar-refractivity contribution >= 4 is 79.7 Å². The third kappa shape index (κ3) is 16.9. The summed E-state index contributed by atoms with van der Waals surface area (Å²) in [6.45, 7) is 28.8. The van der Waals surface area contributed by atoms with E-state index >= 15 is 0 Å². The summed E-state index contributed by atoms with van der Waals surface area (Å²) in [6.07, 6.45) is 11.6. The summed E-state index contributed by atoms with van der Waals surface area (Å²) < 4.78 is 26.6. The Hall–Kier alpha value is -8.82. The summed E-state index contributed by atoms with van der Waals surface area (Å²) in [5.74, 6) is 16.8. The fraction of sp³-hybridized carbons (Fsp3) is 0.342. The molecule has 2 N–H and O–H groups in total. The van der Waals surface area contributed by atoms with Crippen LogP contribution < -0.4 is 23.8 Å². The number of ether oxygens (including phenoxy) is 4. The molecule has 7 heterocycles. The van der Waals surface area contributed by atoms with Crippen LogP contribution in [0.15, 0.2) is 109 Å². The van der Waals surface area contributed by atoms with Crippen molar-refractivity contribution in [1.82, 2.24) is 19.9 Å². The number of fused-ring (bicyclic) bond motifs is 8. The molecule has 0 unspecified atom stereocenters. The van der Waals surface area contributed by atoms with E-state index in [1.807, 2.05) is 68.7 Å². The number of hydrogen-bond donors (Lipinski definition) is 2. The number of aromatic amines is 2. The molecule has 0 saturated heterocycles. The minimum Gasteiger partial charge on any atom is -0.493 e. The van der Waals surface area contributed by atoms with Gasteiger partial charge in [-0.3, -0.25) is 10.1 Å². The lowest BCUT2D eigenvalue weighted by Crippen LogP contribution is -2.12. The zero-order valence-corrected chi connectivity index (χ0v) is 56.0. The zero-order valence-electron chi connectivity index (χ0n) is 54.4. The Balaban J connectivity index is 1.27. The lowest BCUT2D eigenvalue weighted by atomic mass is 9.93. The highest BCUT2D eigenvalue weighted by Gasteiger charge is 2.22. The highest BCUT2D eigenvalue weighted by atomic mass is 32.1. The molecule has 14 heteroatoms. The molecule has 12 nitrogen and oxygen atoms in total. The molecular formula is C76H82N6O6S2. The van der Waals surface area contributed by atoms with Gasteiger partial charge in [0.2, 0.25) is 0 Å². The number of nitrogens with one attached hydrogen (secondary N) is 2. The first-order valence-electron chi connectivity index (χ1n) is 30.8. The lowest BCUT2D eigenvalue weighted by molar-refractivity contribution is -0.380. The Morgan fingerprint density at radius 3 is 1.27 bits per heavy atom. The average molecular weight is 1240 g/mol. The predicted molar refractivity (Wildman–Crippen MR) is 375 cm³/mol. The number of rotatable bonds is 17. The van der Waals surface area contributed by atoms with Gasteiger partial charge in [0.1, 0.15) is 23.0 Å². The molecule has 2 aliphatic heterocycles. The molecule has 0 spiro atoms. The molecule has 0 amide bonds. The maximum Gasteiger partial charge on any atom is 0.324 e. The highest BCUT2D eigenvalue weighted by molar-refractivity contribution is 7.24. The van der Waals surface area contributed by atoms with Crippen LogP contribution in [-0.4, -0.2) is 65.4 Å². The second-order valence-electron chi connectivity index (χ2n) is 28.0. The molecule has 0 saturated carbocycles. The Kier molecular flexibility index (Phi) is 19.0. The van der Waals surface area contributed by atoms with E-state index in [9.17, 15) is 10.1 Å². The van der Waals surface area contributed by atoms with Crippen LogP contribution in [0.1, 0.15) is 153 Å². The van der Waals surface area contributed by atoms with Crippen LogP contribution in [0.4, 0.5) is 10.7 Å². The second-order valence-corrected chi connectivity index (χ2v) is 30.2. The Morgan fingerprint density at radius 2 is 0.856 bits per heavy atom. The van der Waals surface area contributed by atoms with Crippen molar-refractivity contribution in [2.75, 3.05) is 45.4 Å². The van der Waals surface area contributed by atoms with Crippen LogP contribution in [0.2, 0.25) is 0 Å². The number of hydrogen-bond acceptors (Lipinski definition) is 11. The average Bonchev–Trinajstić information content (AvgIpc) is 1.87. The Labute approximate surface area is 538 Å². The van der Waals surface area contributed by atoms with Gasteiger partial charge in [0, 0.05) is 70.6 Å². The molecule has 0 atom stereocenters. The van der Waals surface area contributed by atoms with Gasteiger partial charge in [-0.05, 0) is 174 Å². The van der Waals surface area contributed by atoms with Gasteiger partial charge < -0.3 is 33.8 Å². The first-order valence-corrected chi connectivity index (χ1v) is 32.4. The fourth-order valence-corrected chi connectivity index (χ4v) is 11.7. The molecule has 0 radical (unpaired) electrons. The van der Waals surface area contributed by atoms with Crippen molar-refractivity contribution in [2.24, 2.45) is 21.7 Å². The van der Waals surface area contributed by atoms with E-state index in [2.05, 4.69) is 188 Å². The van der Waals surface area contributed by atoms with Crippen LogP contribution in [0.25, 0.3) is 78.4 Å². The van der Waals surface area contributed by atoms with Gasteiger partial charge in [-0.1, -0.05) is 118 Å². The summed E-state index contributed by atoms with van der Waals surface area (Å²) >= 11 is 2.63. The maximum atomic E-state index is 11.6. The fourth-order valence-electron chi connectivity index (χ4n) is 9.94. The van der Waals surface area contributed by atoms with E-state index in [0.717, 1.165) is 113 Å². The lowest BCUT2D eigenvalue weighted by Gasteiger charge is -2.20. The first-order chi connectivity index (χ1) is 42.7. The summed E-state index contributed by atoms with van der Waals surface area (Å²) in [4.78, 5) is 34.7. The highest BCUT2D eigenvalue weighted by Crippen LogP contribution is 2.42. The number of aromatic nitrogens is 4. The van der Waals surface area contributed by atoms with Gasteiger partial charge in [0.25, 0.3) is 0 Å². The van der Waals surface area contributed by atoms with Gasteiger partial charge >= 0.3 is 5.00 Å². The number of nitrogens with zero attached hydrogens (tertiary/aromatic N) is 4. The van der Waals surface area contributed by atoms with Crippen LogP contribution in [0, 0.1) is 55.5 Å². The number of benzene rings is 3. The summed E-state index contributed by atoms with van der Waals surface area (Å²) in [5, 5.41) is 11.7. The molecule has 5 aromatic heterocycles. The number of H-pyrrole nitrogens is 2. The molecule has 8 bridgehead atoms. The van der Waals surface area contributed by atoms with Crippen molar-refractivity contribution in [3.05, 3.63) is 164 Å². The molecule has 8 aromatic rings. The molecule has 464 valence electrons. The number of thiophene rings is 2. The summed E-state index contributed by atoms with van der Waals surface area (Å²) in [6, 6.07) is 36.1. The van der Waals surface area contributed by atoms with Gasteiger partial charge in [-0.15, -0.1) is 11.3 Å². The minimum absolute atomic E-state index is 0.0580. The van der Waals surface area contributed by atoms with E-state index in [1.165, 1.54) is 11.3 Å². The topological polar surface area (TPSA) is 141 Å². The molecular weight excluding hydrogens is 1160 g/mol. The van der Waals surface area contributed by atoms with E-state index in [0.29, 0.717) is 77.6 Å². The van der Waals surface area contributed by atoms with Crippen molar-refractivity contribution in [1.29, 1.82) is 0 Å². The van der Waals surface area contributed by atoms with Crippen molar-refractivity contribution in [2.45, 2.75) is 109 Å². The third-order valence-corrected chi connectivity index (χ3v) is 17.5. The molecule has 10 rings (SSSR count). The van der Waals surface area contributed by atoms with E-state index in [1.54, 1.807) is 12.1 Å². The monoisotopic (exact) mass is 1240 g/mol. The van der Waals surface area contributed by atoms with Gasteiger partial charge in [-0.25, -0.2) is 9.97 Å². The second kappa shape index (κ2) is 26.7. The number of anilines is 1. The van der Waals surface area contributed by atoms with Crippen molar-refractivity contribution < 1.29 is 23.9 Å². The van der Waals surface area contributed by atoms with Crippen LogP contribution in [-0.2, 0) is 0 Å². The minimum atomic E-state index is -0.357. The molecule has 0 aliphatic carbocycles. The SMILES string of the molecule is CN(C)c1ccc(C#Cc2c3nc(c(C#Cc4ccc(-c5ccc([N+](=O)[O-])s5)s4)c4ccc([nH]4)c(-c4cc(OCCC(C)(C)C)cc(OCCC(C)(C)C)c4)c4nc(c(-c5cc(OCCC(C)(C)C)cc(OCCC(C)(C)C)c5)c5ccc2[nH]5)C=C4)C=C3)cc1. The summed E-state index contributed by atoms with van der Waals surface area (Å²) in [5.41, 5.74) is 12.6. The van der Waals surface area contributed by atoms with Gasteiger partial charge in [0.15, 0.2) is 0 Å². The molecule has 0 fully saturated rings. The van der Waals surface area contributed by atoms with Crippen LogP contribution in [0.3, 0.4) is 0 Å². The van der Waals surface area contributed by atoms with Gasteiger partial charge in [-0.2, -0.15) is 0 Å². The van der Waals surface area contributed by atoms with Crippen LogP contribution >= 0.6 is 22.7 Å². The van der Waals surface area contributed by atoms with E-state index in [-0.39, 0.29) is 31.6 Å². The molecule has 2 aliphatic rings. The van der Waals surface area contributed by atoms with Crippen molar-refractivity contribution in [3.63, 3.8) is 0 Å². The molecule has 3 aromatic carbocycles. The standard InChI is InChI=1S/C76H82N6O6S2/c1-73(2,3)35-39-85-53-43-50(44-54(47-53)86-40-36-74(4,5)6)71-64-28-26-62(78-64)58(22-17-49-15-18-52(19-16-49)81(13)14)60-24-25-61(77-60)59(23-20-57-21-32-68(89-57)69-33-34-70(90-69)82(83)84)63-27-29-65(79-63)72(67-31-30-66(71)80-67)51-45-55(87-41-37-75(7,8)9)48-56(46-51)88-42-38-76(10,11)12/h15-16,18-19,21,24-34,43-48,78-79H,35-42H2,1-14H3. The quantitative estimate of drug-likeness (QED) is 0.0518. The van der Waals surface area contributed by atoms with Crippen LogP contribution in [0.5, 0.6) is 23.0 Å². The first kappa shape index (κ1) is 64.2. The van der Waals surface area contributed by atoms with E-state index < -0.39 is 0 Å².